The Morgan fingerprint density at radius 1 is 0.906 bits per heavy atom. The van der Waals surface area contributed by atoms with Gasteiger partial charge in [-0.2, -0.15) is 9.97 Å². The summed E-state index contributed by atoms with van der Waals surface area (Å²) in [6.45, 7) is 8.52. The molecule has 0 bridgehead atoms. The van der Waals surface area contributed by atoms with E-state index >= 15 is 0 Å². The summed E-state index contributed by atoms with van der Waals surface area (Å²) >= 11 is 0. The molecule has 2 fully saturated rings. The average Bonchev–Trinajstić information content (AvgIpc) is 3.27. The summed E-state index contributed by atoms with van der Waals surface area (Å²) in [7, 11) is 0. The number of morpholine rings is 2. The Kier molecular flexibility index (Phi) is 6.91. The van der Waals surface area contributed by atoms with Crippen molar-refractivity contribution in [3.05, 3.63) is 47.2 Å². The van der Waals surface area contributed by atoms with Crippen molar-refractivity contribution < 1.29 is 14.2 Å². The van der Waals surface area contributed by atoms with Crippen LogP contribution in [0.3, 0.4) is 0 Å². The van der Waals surface area contributed by atoms with Crippen molar-refractivity contribution in [2.45, 2.75) is 19.4 Å². The van der Waals surface area contributed by atoms with E-state index in [0.29, 0.717) is 32.4 Å². The highest BCUT2D eigenvalue weighted by Gasteiger charge is 2.18. The molecule has 0 N–H and O–H groups in total. The molecule has 8 nitrogen and oxygen atoms in total. The summed E-state index contributed by atoms with van der Waals surface area (Å²) < 4.78 is 16.9. The van der Waals surface area contributed by atoms with Gasteiger partial charge in [0.05, 0.1) is 38.7 Å². The lowest BCUT2D eigenvalue weighted by Crippen LogP contribution is -2.39. The van der Waals surface area contributed by atoms with Gasteiger partial charge in [0.1, 0.15) is 12.4 Å². The molecule has 0 amide bonds. The second-order valence-electron chi connectivity index (χ2n) is 8.41. The monoisotopic (exact) mass is 437 g/mol. The van der Waals surface area contributed by atoms with Gasteiger partial charge < -0.3 is 19.1 Å². The van der Waals surface area contributed by atoms with Gasteiger partial charge in [0.25, 0.3) is 0 Å². The molecule has 0 spiro atoms. The zero-order valence-corrected chi connectivity index (χ0v) is 18.5. The fraction of sp³-hybridized carbons (Fsp3) is 0.542. The number of fused-ring (bicyclic) bond motifs is 1. The molecule has 32 heavy (non-hydrogen) atoms. The van der Waals surface area contributed by atoms with Crippen molar-refractivity contribution in [2.24, 2.45) is 4.99 Å². The lowest BCUT2D eigenvalue weighted by atomic mass is 10.1. The zero-order chi connectivity index (χ0) is 21.6. The lowest BCUT2D eigenvalue weighted by Gasteiger charge is -2.28. The van der Waals surface area contributed by atoms with E-state index in [1.807, 2.05) is 6.07 Å². The van der Waals surface area contributed by atoms with Gasteiger partial charge in [-0.25, -0.2) is 0 Å². The molecule has 0 atom stereocenters. The van der Waals surface area contributed by atoms with Crippen LogP contribution in [0, 0.1) is 0 Å². The summed E-state index contributed by atoms with van der Waals surface area (Å²) in [5.41, 5.74) is 4.88. The molecule has 0 saturated carbocycles. The minimum Gasteiger partial charge on any atom is -0.462 e. The van der Waals surface area contributed by atoms with Crippen molar-refractivity contribution in [2.75, 3.05) is 70.7 Å². The number of anilines is 1. The summed E-state index contributed by atoms with van der Waals surface area (Å²) in [5.74, 6) is 0.898. The standard InChI is InChI=1S/C24H31N5O3/c1-2-4-20-16-21(15-19(20)3-1)25-18-22-17-23(29-8-12-31-13-9-29)27-24(26-22)32-14-7-28-5-10-30-11-6-28/h1-4,17H,5-16,18H2. The number of rotatable bonds is 7. The first-order valence-electron chi connectivity index (χ1n) is 11.6. The summed E-state index contributed by atoms with van der Waals surface area (Å²) in [6, 6.07) is 11.1. The minimum atomic E-state index is 0.437. The van der Waals surface area contributed by atoms with Gasteiger partial charge in [-0.1, -0.05) is 24.3 Å². The normalized spacial score (nSPS) is 19.1. The van der Waals surface area contributed by atoms with Crippen molar-refractivity contribution >= 4 is 11.5 Å². The Balaban J connectivity index is 1.27. The fourth-order valence-electron chi connectivity index (χ4n) is 4.36. The number of nitrogens with zero attached hydrogens (tertiary/aromatic N) is 5. The van der Waals surface area contributed by atoms with Gasteiger partial charge in [-0.15, -0.1) is 0 Å². The van der Waals surface area contributed by atoms with E-state index < -0.39 is 0 Å². The van der Waals surface area contributed by atoms with Crippen molar-refractivity contribution in [1.29, 1.82) is 0 Å². The molecule has 170 valence electrons. The third-order valence-electron chi connectivity index (χ3n) is 6.19. The molecule has 0 radical (unpaired) electrons. The van der Waals surface area contributed by atoms with Gasteiger partial charge in [0.15, 0.2) is 0 Å². The van der Waals surface area contributed by atoms with Crippen LogP contribution in [0.2, 0.25) is 0 Å². The molecule has 1 aromatic carbocycles. The van der Waals surface area contributed by atoms with Gasteiger partial charge in [0, 0.05) is 57.3 Å². The van der Waals surface area contributed by atoms with Crippen LogP contribution in [0.15, 0.2) is 35.3 Å². The molecule has 2 aliphatic heterocycles. The smallest absolute Gasteiger partial charge is 0.318 e. The molecule has 8 heteroatoms. The van der Waals surface area contributed by atoms with Crippen LogP contribution in [-0.4, -0.2) is 86.3 Å². The minimum absolute atomic E-state index is 0.437. The number of hydrogen-bond donors (Lipinski definition) is 0. The van der Waals surface area contributed by atoms with Gasteiger partial charge in [-0.05, 0) is 11.1 Å². The Labute approximate surface area is 189 Å². The lowest BCUT2D eigenvalue weighted by molar-refractivity contribution is 0.0317. The maximum absolute atomic E-state index is 5.99. The molecule has 1 aliphatic carbocycles. The van der Waals surface area contributed by atoms with E-state index in [2.05, 4.69) is 39.0 Å². The Hall–Kier alpha value is -2.55. The van der Waals surface area contributed by atoms with Gasteiger partial charge in [0.2, 0.25) is 0 Å². The molecule has 2 saturated heterocycles. The van der Waals surface area contributed by atoms with Crippen LogP contribution < -0.4 is 9.64 Å². The highest BCUT2D eigenvalue weighted by atomic mass is 16.5. The number of ether oxygens (including phenoxy) is 3. The van der Waals surface area contributed by atoms with E-state index in [1.54, 1.807) is 0 Å². The molecular formula is C24H31N5O3. The van der Waals surface area contributed by atoms with E-state index in [0.717, 1.165) is 70.3 Å². The second kappa shape index (κ2) is 10.4. The summed E-state index contributed by atoms with van der Waals surface area (Å²) in [6.07, 6.45) is 1.86. The second-order valence-corrected chi connectivity index (χ2v) is 8.41. The van der Waals surface area contributed by atoms with Crippen molar-refractivity contribution in [1.82, 2.24) is 14.9 Å². The average molecular weight is 438 g/mol. The van der Waals surface area contributed by atoms with Crippen LogP contribution in [0.25, 0.3) is 0 Å². The maximum atomic E-state index is 5.99. The predicted octanol–water partition coefficient (Wildman–Crippen LogP) is 1.76. The van der Waals surface area contributed by atoms with Crippen molar-refractivity contribution in [3.8, 4) is 6.01 Å². The van der Waals surface area contributed by atoms with Gasteiger partial charge >= 0.3 is 6.01 Å². The maximum Gasteiger partial charge on any atom is 0.318 e. The Morgan fingerprint density at radius 2 is 1.59 bits per heavy atom. The number of benzene rings is 1. The topological polar surface area (TPSA) is 72.3 Å². The van der Waals surface area contributed by atoms with Crippen LogP contribution in [0.5, 0.6) is 6.01 Å². The Bertz CT molecular complexity index is 912. The quantitative estimate of drug-likeness (QED) is 0.654. The highest BCUT2D eigenvalue weighted by molar-refractivity contribution is 5.92. The first-order valence-corrected chi connectivity index (χ1v) is 11.6. The third kappa shape index (κ3) is 5.43. The van der Waals surface area contributed by atoms with E-state index in [9.17, 15) is 0 Å². The molecule has 3 aliphatic rings. The molecule has 1 aromatic heterocycles. The molecule has 0 unspecified atom stereocenters. The van der Waals surface area contributed by atoms with Crippen LogP contribution in [0.4, 0.5) is 5.82 Å². The van der Waals surface area contributed by atoms with Crippen LogP contribution in [-0.2, 0) is 28.9 Å². The van der Waals surface area contributed by atoms with E-state index in [-0.39, 0.29) is 0 Å². The van der Waals surface area contributed by atoms with Crippen LogP contribution >= 0.6 is 0 Å². The van der Waals surface area contributed by atoms with E-state index in [4.69, 9.17) is 24.2 Å². The summed E-state index contributed by atoms with van der Waals surface area (Å²) in [5, 5.41) is 0. The molecule has 5 rings (SSSR count). The first kappa shape index (κ1) is 21.3. The Morgan fingerprint density at radius 3 is 2.31 bits per heavy atom. The predicted molar refractivity (Wildman–Crippen MR) is 123 cm³/mol. The van der Waals surface area contributed by atoms with Gasteiger partial charge in [-0.3, -0.25) is 9.89 Å². The SMILES string of the molecule is c1ccc2c(c1)CC(=NCc1cc(N3CCOCC3)nc(OCCN3CCOCC3)n1)C2. The highest BCUT2D eigenvalue weighted by Crippen LogP contribution is 2.22. The summed E-state index contributed by atoms with van der Waals surface area (Å²) in [4.78, 5) is 18.9. The van der Waals surface area contributed by atoms with E-state index in [1.165, 1.54) is 16.8 Å². The number of hydrogen-bond acceptors (Lipinski definition) is 8. The van der Waals surface area contributed by atoms with Crippen molar-refractivity contribution in [3.63, 3.8) is 0 Å². The molecular weight excluding hydrogens is 406 g/mol. The molecule has 2 aromatic rings. The third-order valence-corrected chi connectivity index (χ3v) is 6.19. The number of aliphatic imine (C=N–C) groups is 1. The first-order chi connectivity index (χ1) is 15.8. The zero-order valence-electron chi connectivity index (χ0n) is 18.5. The van der Waals surface area contributed by atoms with Crippen LogP contribution in [0.1, 0.15) is 16.8 Å². The fourth-order valence-corrected chi connectivity index (χ4v) is 4.36. The largest absolute Gasteiger partial charge is 0.462 e. The molecule has 3 heterocycles. The number of aromatic nitrogens is 2.